The summed E-state index contributed by atoms with van der Waals surface area (Å²) in [6, 6.07) is -0.878. The highest BCUT2D eigenvalue weighted by Gasteiger charge is 2.56. The molecule has 2 saturated carbocycles. The van der Waals surface area contributed by atoms with E-state index < -0.39 is 92.0 Å². The van der Waals surface area contributed by atoms with Crippen LogP contribution in [0.3, 0.4) is 0 Å². The number of nitrogens with one attached hydrogen (secondary N) is 1. The first-order valence-corrected chi connectivity index (χ1v) is 19.4. The van der Waals surface area contributed by atoms with Crippen LogP contribution in [0.25, 0.3) is 11.2 Å². The zero-order valence-electron chi connectivity index (χ0n) is 44.0. The number of anilines is 2. The molecule has 21 heteroatoms. The van der Waals surface area contributed by atoms with Crippen LogP contribution in [0.5, 0.6) is 0 Å². The molecular formula is C34H51Cl2N9O8S2. The average Bonchev–Trinajstić information content (AvgIpc) is 4.00. The molecule has 3 aromatic heterocycles. The molecule has 17 nitrogen and oxygen atoms in total. The maximum Gasteiger partial charge on any atom is 0.191 e. The van der Waals surface area contributed by atoms with Gasteiger partial charge in [-0.25, -0.2) is 24.6 Å². The quantitative estimate of drug-likeness (QED) is 0.0939. The SMILES string of the molecule is [2H]C([2H])([2H])C([2H])([2H])C([2H])([2H])Sc1nc(Cl)c(N)c(N[C@@H]2C[C@H](OCCO)[C@H]3OC(C)(C)O[C@H]32)n1.[2H]C([2H])([2H])C([2H])([2H])C([2H])([2H])Sc1nc(Cl)c2nnn([C@@H]3C[C@H](OCCO)[C@H]4OC(C)(C)O[C@H]43)c2n1. The molecule has 5 N–H and O–H groups in total. The van der Waals surface area contributed by atoms with E-state index in [1.807, 2.05) is 0 Å². The van der Waals surface area contributed by atoms with Crippen molar-refractivity contribution in [2.45, 2.75) is 138 Å². The van der Waals surface area contributed by atoms with Crippen LogP contribution in [0.15, 0.2) is 10.3 Å². The van der Waals surface area contributed by atoms with Crippen molar-refractivity contribution in [2.75, 3.05) is 48.9 Å². The molecule has 0 spiro atoms. The van der Waals surface area contributed by atoms with Crippen molar-refractivity contribution in [3.63, 3.8) is 0 Å². The third-order valence-corrected chi connectivity index (χ3v) is 10.5. The van der Waals surface area contributed by atoms with Crippen molar-refractivity contribution in [3.8, 4) is 0 Å². The van der Waals surface area contributed by atoms with Gasteiger partial charge in [-0.05, 0) is 46.9 Å². The predicted molar refractivity (Wildman–Crippen MR) is 209 cm³/mol. The fourth-order valence-electron chi connectivity index (χ4n) is 6.90. The second-order valence-electron chi connectivity index (χ2n) is 13.4. The van der Waals surface area contributed by atoms with Crippen LogP contribution in [0.1, 0.15) is 92.2 Å². The molecule has 306 valence electrons. The summed E-state index contributed by atoms with van der Waals surface area (Å²) in [5.41, 5.74) is 0.440. The third-order valence-electron chi connectivity index (χ3n) is 8.80. The second kappa shape index (κ2) is 18.4. The van der Waals surface area contributed by atoms with Gasteiger partial charge < -0.3 is 49.7 Å². The Kier molecular flexibility index (Phi) is 9.26. The van der Waals surface area contributed by atoms with Gasteiger partial charge in [0.15, 0.2) is 49.2 Å². The molecule has 7 rings (SSSR count). The van der Waals surface area contributed by atoms with E-state index in [9.17, 15) is 5.11 Å². The maximum absolute atomic E-state index is 9.17. The summed E-state index contributed by atoms with van der Waals surface area (Å²) in [4.78, 5) is 16.3. The number of nitrogen functional groups attached to an aromatic ring is 1. The van der Waals surface area contributed by atoms with E-state index in [0.717, 1.165) is 0 Å². The molecule has 0 amide bonds. The molecule has 0 bridgehead atoms. The molecule has 0 unspecified atom stereocenters. The maximum atomic E-state index is 9.17. The zero-order chi connectivity index (χ0) is 51.7. The first-order chi connectivity index (χ1) is 31.6. The van der Waals surface area contributed by atoms with Crippen LogP contribution in [0.4, 0.5) is 11.5 Å². The van der Waals surface area contributed by atoms with Gasteiger partial charge in [-0.3, -0.25) is 0 Å². The molecule has 2 aliphatic heterocycles. The molecule has 2 saturated heterocycles. The molecule has 3 aromatic rings. The number of nitrogens with two attached hydrogens (primary N) is 1. The Hall–Kier alpha value is -1.88. The number of fused-ring (bicyclic) bond motifs is 3. The van der Waals surface area contributed by atoms with Crippen LogP contribution >= 0.6 is 46.7 Å². The monoisotopic (exact) mass is 861 g/mol. The van der Waals surface area contributed by atoms with E-state index in [2.05, 4.69) is 35.6 Å². The van der Waals surface area contributed by atoms with E-state index in [-0.39, 0.29) is 99.3 Å². The first-order valence-electron chi connectivity index (χ1n) is 24.0. The van der Waals surface area contributed by atoms with Gasteiger partial charge in [-0.1, -0.05) is 65.6 Å². The number of nitrogens with zero attached hydrogens (tertiary/aromatic N) is 7. The van der Waals surface area contributed by atoms with Crippen LogP contribution in [-0.2, 0) is 28.4 Å². The molecule has 55 heavy (non-hydrogen) atoms. The minimum absolute atomic E-state index is 0.0279. The number of aromatic nitrogens is 7. The zero-order valence-corrected chi connectivity index (χ0v) is 33.1. The Balaban J connectivity index is 0.000000227. The normalized spacial score (nSPS) is 34.3. The Morgan fingerprint density at radius 2 is 1.42 bits per heavy atom. The molecule has 4 fully saturated rings. The van der Waals surface area contributed by atoms with Crippen molar-refractivity contribution < 1.29 is 57.8 Å². The number of halogens is 2. The van der Waals surface area contributed by atoms with E-state index in [4.69, 9.17) is 81.7 Å². The van der Waals surface area contributed by atoms with Crippen LogP contribution < -0.4 is 11.1 Å². The summed E-state index contributed by atoms with van der Waals surface area (Å²) in [6.07, 6.45) is -8.24. The molecule has 8 atom stereocenters. The van der Waals surface area contributed by atoms with Crippen LogP contribution in [-0.4, -0.2) is 137 Å². The molecule has 0 aromatic carbocycles. The van der Waals surface area contributed by atoms with E-state index in [0.29, 0.717) is 12.8 Å². The van der Waals surface area contributed by atoms with Crippen LogP contribution in [0, 0.1) is 0 Å². The van der Waals surface area contributed by atoms with E-state index >= 15 is 0 Å². The van der Waals surface area contributed by atoms with Crippen molar-refractivity contribution in [3.05, 3.63) is 10.3 Å². The van der Waals surface area contributed by atoms with Crippen molar-refractivity contribution in [2.24, 2.45) is 0 Å². The predicted octanol–water partition coefficient (Wildman–Crippen LogP) is 4.52. The lowest BCUT2D eigenvalue weighted by Gasteiger charge is -2.24. The first kappa shape index (κ1) is 27.7. The lowest BCUT2D eigenvalue weighted by atomic mass is 10.2. The van der Waals surface area contributed by atoms with Gasteiger partial charge in [-0.2, -0.15) is 0 Å². The van der Waals surface area contributed by atoms with Gasteiger partial charge in [0.05, 0.1) is 50.7 Å². The number of aliphatic hydroxyl groups excluding tert-OH is 2. The Bertz CT molecular complexity index is 2330. The highest BCUT2D eigenvalue weighted by atomic mass is 35.5. The Morgan fingerprint density at radius 1 is 0.855 bits per heavy atom. The van der Waals surface area contributed by atoms with Crippen molar-refractivity contribution >= 4 is 69.4 Å². The summed E-state index contributed by atoms with van der Waals surface area (Å²) in [5.74, 6) is -1.72. The summed E-state index contributed by atoms with van der Waals surface area (Å²) in [6.45, 7) is 0.507. The number of rotatable bonds is 15. The third kappa shape index (κ3) is 9.88. The molecule has 0 radical (unpaired) electrons. The largest absolute Gasteiger partial charge is 0.394 e. The highest BCUT2D eigenvalue weighted by molar-refractivity contribution is 7.99. The van der Waals surface area contributed by atoms with Gasteiger partial charge in [0.25, 0.3) is 0 Å². The second-order valence-corrected chi connectivity index (χ2v) is 15.7. The number of thioether (sulfide) groups is 2. The fraction of sp³-hybridized carbons (Fsp3) is 0.765. The number of hydrogen-bond acceptors (Lipinski definition) is 18. The smallest absolute Gasteiger partial charge is 0.191 e. The van der Waals surface area contributed by atoms with E-state index in [1.54, 1.807) is 27.7 Å². The fourth-order valence-corrected chi connectivity index (χ4v) is 8.20. The van der Waals surface area contributed by atoms with Crippen molar-refractivity contribution in [1.29, 1.82) is 0 Å². The van der Waals surface area contributed by atoms with Gasteiger partial charge in [0.2, 0.25) is 0 Å². The van der Waals surface area contributed by atoms with Gasteiger partial charge in [-0.15, -0.1) is 5.10 Å². The van der Waals surface area contributed by atoms with Gasteiger partial charge >= 0.3 is 0 Å². The summed E-state index contributed by atoms with van der Waals surface area (Å²) in [5, 5.41) is 28.6. The highest BCUT2D eigenvalue weighted by Crippen LogP contribution is 2.46. The molecule has 2 aliphatic carbocycles. The lowest BCUT2D eigenvalue weighted by molar-refractivity contribution is -0.171. The Labute approximate surface area is 358 Å². The summed E-state index contributed by atoms with van der Waals surface area (Å²) in [7, 11) is 0. The summed E-state index contributed by atoms with van der Waals surface area (Å²) < 4.78 is 145. The van der Waals surface area contributed by atoms with Gasteiger partial charge in [0.1, 0.15) is 30.1 Å². The minimum atomic E-state index is -3.23. The average molecular weight is 863 g/mol. The Morgan fingerprint density at radius 3 is 2.05 bits per heavy atom. The number of aliphatic hydroxyl groups is 2. The van der Waals surface area contributed by atoms with Crippen LogP contribution in [0.2, 0.25) is 10.3 Å². The minimum Gasteiger partial charge on any atom is -0.394 e. The standard InChI is InChI=1S/C17H24ClN5O4S.C17H27ClN4O4S/c1-4-7-28-16-19-14(18)11-15(20-16)23(22-21-11)9-8-10(25-6-5-24)13-12(9)26-17(2,3)27-13;1-4-7-27-16-21-14(18)11(19)15(22-16)20-9-8-10(24-6-5-23)13-12(9)25-17(2,3)26-13/h9-10,12-13,24H,4-8H2,1-3H3;9-10,12-13,23H,4-8,19H2,1-3H3,(H,20,21,22)/t2*9-,10+,12+,13-/m11/s1/i2*1D3,4D2,7D2. The topological polar surface area (TPSA) is 216 Å². The van der Waals surface area contributed by atoms with Gasteiger partial charge in [0, 0.05) is 37.0 Å². The van der Waals surface area contributed by atoms with Crippen molar-refractivity contribution in [1.82, 2.24) is 34.9 Å². The number of hydrogen-bond donors (Lipinski definition) is 4. The molecule has 5 heterocycles. The molecular weight excluding hydrogens is 797 g/mol. The summed E-state index contributed by atoms with van der Waals surface area (Å²) >= 11 is 12.8. The number of ether oxygens (including phenoxy) is 6. The molecule has 4 aliphatic rings. The van der Waals surface area contributed by atoms with E-state index in [1.165, 1.54) is 4.68 Å². The lowest BCUT2D eigenvalue weighted by Crippen LogP contribution is -2.35.